The van der Waals surface area contributed by atoms with E-state index in [2.05, 4.69) is 5.32 Å². The monoisotopic (exact) mass is 513 g/mol. The molecule has 2 atom stereocenters. The van der Waals surface area contributed by atoms with Crippen LogP contribution in [0, 0.1) is 22.5 Å². The summed E-state index contributed by atoms with van der Waals surface area (Å²) in [4.78, 5) is 52.6. The van der Waals surface area contributed by atoms with Gasteiger partial charge in [0.2, 0.25) is 21.8 Å². The number of barbiturate groups is 1. The second-order valence-corrected chi connectivity index (χ2v) is 11.2. The summed E-state index contributed by atoms with van der Waals surface area (Å²) in [6.45, 7) is 1.87. The summed E-state index contributed by atoms with van der Waals surface area (Å²) >= 11 is 0. The fourth-order valence-electron chi connectivity index (χ4n) is 5.30. The Balaban J connectivity index is 1.63. The van der Waals surface area contributed by atoms with Gasteiger partial charge in [-0.05, 0) is 30.7 Å². The number of sulfonamides is 1. The maximum atomic E-state index is 13.6. The van der Waals surface area contributed by atoms with Gasteiger partial charge in [0.05, 0.1) is 15.9 Å². The lowest BCUT2D eigenvalue weighted by Gasteiger charge is -2.54. The number of non-ortho nitro benzene ring substituents is 1. The van der Waals surface area contributed by atoms with E-state index in [1.807, 2.05) is 6.92 Å². The van der Waals surface area contributed by atoms with E-state index in [9.17, 15) is 32.9 Å². The number of benzene rings is 2. The summed E-state index contributed by atoms with van der Waals surface area (Å²) in [6.07, 6.45) is -0.216. The highest BCUT2D eigenvalue weighted by molar-refractivity contribution is 7.89. The second-order valence-electron chi connectivity index (χ2n) is 9.23. The molecule has 2 aromatic carbocycles. The molecule has 0 bridgehead atoms. The Labute approximate surface area is 206 Å². The molecule has 4 amide bonds. The van der Waals surface area contributed by atoms with Crippen LogP contribution in [0.4, 0.5) is 16.2 Å². The van der Waals surface area contributed by atoms with Crippen LogP contribution in [-0.4, -0.2) is 73.1 Å². The molecular formula is C23H23N5O7S. The van der Waals surface area contributed by atoms with Gasteiger partial charge in [-0.25, -0.2) is 13.2 Å². The molecule has 0 aromatic heterocycles. The fourth-order valence-corrected chi connectivity index (χ4v) is 6.74. The molecule has 0 aliphatic carbocycles. The average molecular weight is 514 g/mol. The Morgan fingerprint density at radius 2 is 1.78 bits per heavy atom. The maximum absolute atomic E-state index is 13.6. The molecule has 3 aliphatic heterocycles. The van der Waals surface area contributed by atoms with Crippen molar-refractivity contribution in [2.45, 2.75) is 24.3 Å². The minimum Gasteiger partial charge on any atom is -0.364 e. The second kappa shape index (κ2) is 8.10. The van der Waals surface area contributed by atoms with Gasteiger partial charge in [-0.3, -0.25) is 29.9 Å². The average Bonchev–Trinajstić information content (AvgIpc) is 2.85. The highest BCUT2D eigenvalue weighted by atomic mass is 32.2. The first-order valence-corrected chi connectivity index (χ1v) is 12.6. The van der Waals surface area contributed by atoms with E-state index in [1.54, 1.807) is 23.1 Å². The number of nitrogens with one attached hydrogen (secondary N) is 1. The zero-order valence-corrected chi connectivity index (χ0v) is 20.3. The van der Waals surface area contributed by atoms with E-state index in [0.29, 0.717) is 11.3 Å². The van der Waals surface area contributed by atoms with Crippen molar-refractivity contribution in [2.24, 2.45) is 5.41 Å². The summed E-state index contributed by atoms with van der Waals surface area (Å²) in [7, 11) is -2.71. The van der Waals surface area contributed by atoms with E-state index in [-0.39, 0.29) is 36.6 Å². The number of rotatable bonds is 3. The third kappa shape index (κ3) is 3.38. The molecule has 36 heavy (non-hydrogen) atoms. The number of nitro benzene ring substituents is 1. The van der Waals surface area contributed by atoms with Gasteiger partial charge in [0.1, 0.15) is 0 Å². The number of carbonyl (C=O) groups excluding carboxylic acids is 3. The highest BCUT2D eigenvalue weighted by Gasteiger charge is 2.63. The minimum absolute atomic E-state index is 0.0732. The summed E-state index contributed by atoms with van der Waals surface area (Å²) < 4.78 is 28.2. The van der Waals surface area contributed by atoms with E-state index < -0.39 is 44.2 Å². The number of hydrogen-bond acceptors (Lipinski definition) is 8. The number of piperazine rings is 1. The lowest BCUT2D eigenvalue weighted by atomic mass is 9.68. The van der Waals surface area contributed by atoms with Crippen molar-refractivity contribution in [1.82, 2.24) is 14.5 Å². The number of amides is 4. The highest BCUT2D eigenvalue weighted by Crippen LogP contribution is 2.46. The standard InChI is InChI=1S/C23H23N5O7S/c1-14-3-6-17(7-4-14)36(34,35)26-9-10-27-18-8-5-16(28(32)33)11-15(18)12-23(19(27)13-26)20(29)24-22(31)25(2)21(23)30/h3-8,11,19H,9-10,12-13H2,1-2H3,(H,24,29,31). The largest absolute Gasteiger partial charge is 0.364 e. The van der Waals surface area contributed by atoms with Crippen molar-refractivity contribution in [1.29, 1.82) is 0 Å². The van der Waals surface area contributed by atoms with Crippen molar-refractivity contribution in [3.63, 3.8) is 0 Å². The normalized spacial score (nSPS) is 24.4. The number of carbonyl (C=O) groups is 3. The lowest BCUT2D eigenvalue weighted by molar-refractivity contribution is -0.384. The predicted octanol–water partition coefficient (Wildman–Crippen LogP) is 1.03. The molecule has 2 aromatic rings. The van der Waals surface area contributed by atoms with Gasteiger partial charge < -0.3 is 4.90 Å². The fraction of sp³-hybridized carbons (Fsp3) is 0.348. The van der Waals surface area contributed by atoms with E-state index >= 15 is 0 Å². The Hall–Kier alpha value is -3.84. The number of urea groups is 1. The Morgan fingerprint density at radius 1 is 1.08 bits per heavy atom. The molecule has 1 spiro atoms. The van der Waals surface area contributed by atoms with Gasteiger partial charge in [-0.1, -0.05) is 17.7 Å². The van der Waals surface area contributed by atoms with E-state index in [0.717, 1.165) is 10.5 Å². The van der Waals surface area contributed by atoms with Crippen LogP contribution in [0.1, 0.15) is 11.1 Å². The third-order valence-electron chi connectivity index (χ3n) is 7.24. The lowest BCUT2D eigenvalue weighted by Crippen LogP contribution is -2.74. The first-order chi connectivity index (χ1) is 17.0. The predicted molar refractivity (Wildman–Crippen MR) is 127 cm³/mol. The molecule has 12 nitrogen and oxygen atoms in total. The minimum atomic E-state index is -3.95. The zero-order chi connectivity index (χ0) is 26.0. The van der Waals surface area contributed by atoms with Crippen LogP contribution in [0.15, 0.2) is 47.4 Å². The van der Waals surface area contributed by atoms with Crippen molar-refractivity contribution in [3.05, 3.63) is 63.7 Å². The first kappa shape index (κ1) is 23.9. The number of imide groups is 2. The van der Waals surface area contributed by atoms with Crippen molar-refractivity contribution < 1.29 is 27.7 Å². The smallest absolute Gasteiger partial charge is 0.330 e. The van der Waals surface area contributed by atoms with Gasteiger partial charge >= 0.3 is 6.03 Å². The molecule has 13 heteroatoms. The number of fused-ring (bicyclic) bond motifs is 4. The molecule has 2 fully saturated rings. The van der Waals surface area contributed by atoms with Gasteiger partial charge in [0.15, 0.2) is 5.41 Å². The van der Waals surface area contributed by atoms with Crippen LogP contribution in [-0.2, 0) is 26.0 Å². The SMILES string of the molecule is Cc1ccc(S(=O)(=O)N2CCN3c4ccc([N+](=O)[O-])cc4CC4(C(=O)NC(=O)N(C)C4=O)C3C2)cc1. The Kier molecular flexibility index (Phi) is 5.37. The molecule has 5 rings (SSSR count). The van der Waals surface area contributed by atoms with Crippen molar-refractivity contribution in [2.75, 3.05) is 31.6 Å². The molecule has 3 heterocycles. The number of hydrogen-bond donors (Lipinski definition) is 1. The molecular weight excluding hydrogens is 490 g/mol. The summed E-state index contributed by atoms with van der Waals surface area (Å²) in [5, 5.41) is 13.6. The topological polar surface area (TPSA) is 150 Å². The van der Waals surface area contributed by atoms with Crippen LogP contribution < -0.4 is 10.2 Å². The summed E-state index contributed by atoms with van der Waals surface area (Å²) in [5.41, 5.74) is -0.166. The molecule has 1 N–H and O–H groups in total. The molecule has 0 radical (unpaired) electrons. The zero-order valence-electron chi connectivity index (χ0n) is 19.5. The van der Waals surface area contributed by atoms with Gasteiger partial charge in [0.25, 0.3) is 5.69 Å². The third-order valence-corrected chi connectivity index (χ3v) is 9.12. The number of aryl methyl sites for hydroxylation is 1. The molecule has 188 valence electrons. The van der Waals surface area contributed by atoms with Gasteiger partial charge in [-0.15, -0.1) is 0 Å². The number of nitrogens with zero attached hydrogens (tertiary/aromatic N) is 4. The van der Waals surface area contributed by atoms with Crippen LogP contribution in [0.2, 0.25) is 0 Å². The summed E-state index contributed by atoms with van der Waals surface area (Å²) in [5.74, 6) is -1.63. The summed E-state index contributed by atoms with van der Waals surface area (Å²) in [6, 6.07) is 8.77. The van der Waals surface area contributed by atoms with Crippen LogP contribution in [0.25, 0.3) is 0 Å². The van der Waals surface area contributed by atoms with E-state index in [4.69, 9.17) is 0 Å². The maximum Gasteiger partial charge on any atom is 0.330 e. The first-order valence-electron chi connectivity index (χ1n) is 11.2. The van der Waals surface area contributed by atoms with Crippen LogP contribution in [0.3, 0.4) is 0 Å². The number of nitro groups is 1. The van der Waals surface area contributed by atoms with Crippen molar-refractivity contribution in [3.8, 4) is 0 Å². The van der Waals surface area contributed by atoms with Gasteiger partial charge in [0, 0.05) is 50.9 Å². The molecule has 2 saturated heterocycles. The van der Waals surface area contributed by atoms with Crippen molar-refractivity contribution >= 4 is 39.2 Å². The van der Waals surface area contributed by atoms with Crippen LogP contribution in [0.5, 0.6) is 0 Å². The van der Waals surface area contributed by atoms with Gasteiger partial charge in [-0.2, -0.15) is 4.31 Å². The molecule has 2 unspecified atom stereocenters. The Morgan fingerprint density at radius 3 is 2.44 bits per heavy atom. The molecule has 0 saturated carbocycles. The number of anilines is 1. The quantitative estimate of drug-likeness (QED) is 0.363. The molecule has 3 aliphatic rings. The Bertz CT molecular complexity index is 1420. The van der Waals surface area contributed by atoms with E-state index in [1.165, 1.54) is 35.6 Å². The van der Waals surface area contributed by atoms with Crippen LogP contribution >= 0.6 is 0 Å².